The summed E-state index contributed by atoms with van der Waals surface area (Å²) in [6, 6.07) is 0. The zero-order valence-corrected chi connectivity index (χ0v) is 10.6. The summed E-state index contributed by atoms with van der Waals surface area (Å²) in [5.74, 6) is 0.520. The minimum atomic E-state index is -0.272. The Morgan fingerprint density at radius 1 is 1.50 bits per heavy atom. The molecule has 16 heavy (non-hydrogen) atoms. The molecular formula is C10H11IN2O3. The van der Waals surface area contributed by atoms with Crippen molar-refractivity contribution >= 4 is 22.6 Å². The standard InChI is InChI=1S/C10H11IN2O3/c11-7-9(14)12-8(13-10(7)15)5-3-4-1-2-6(5)16-4/h4-6H,1-3H2,(H2,12,13,14,15). The molecule has 0 aromatic carbocycles. The first-order valence-corrected chi connectivity index (χ1v) is 6.37. The molecule has 2 aliphatic rings. The predicted molar refractivity (Wildman–Crippen MR) is 64.5 cm³/mol. The molecule has 2 bridgehead atoms. The van der Waals surface area contributed by atoms with Gasteiger partial charge in [-0.05, 0) is 41.9 Å². The van der Waals surface area contributed by atoms with Crippen LogP contribution in [0.4, 0.5) is 0 Å². The monoisotopic (exact) mass is 334 g/mol. The van der Waals surface area contributed by atoms with E-state index in [0.717, 1.165) is 19.3 Å². The average Bonchev–Trinajstić information content (AvgIpc) is 2.86. The van der Waals surface area contributed by atoms with Gasteiger partial charge in [0.2, 0.25) is 5.88 Å². The van der Waals surface area contributed by atoms with Gasteiger partial charge in [0.05, 0.1) is 12.2 Å². The number of aromatic hydroxyl groups is 1. The number of hydrogen-bond acceptors (Lipinski definition) is 4. The second-order valence-corrected chi connectivity index (χ2v) is 5.38. The summed E-state index contributed by atoms with van der Waals surface area (Å²) >= 11 is 1.78. The Kier molecular flexibility index (Phi) is 2.43. The van der Waals surface area contributed by atoms with Gasteiger partial charge in [0, 0.05) is 5.92 Å². The fraction of sp³-hybridized carbons (Fsp3) is 0.600. The molecule has 2 N–H and O–H groups in total. The molecule has 0 amide bonds. The van der Waals surface area contributed by atoms with E-state index in [2.05, 4.69) is 9.97 Å². The molecule has 1 aromatic heterocycles. The van der Waals surface area contributed by atoms with Gasteiger partial charge in [-0.2, -0.15) is 4.98 Å². The lowest BCUT2D eigenvalue weighted by Gasteiger charge is -2.17. The summed E-state index contributed by atoms with van der Waals surface area (Å²) in [4.78, 5) is 18.3. The SMILES string of the molecule is O=c1[nH]c(C2CC3CCC2O3)nc(O)c1I. The molecule has 2 fully saturated rings. The molecule has 3 heterocycles. The fourth-order valence-corrected chi connectivity index (χ4v) is 2.82. The van der Waals surface area contributed by atoms with E-state index < -0.39 is 0 Å². The lowest BCUT2D eigenvalue weighted by molar-refractivity contribution is 0.0998. The Hall–Kier alpha value is -0.630. The number of aromatic amines is 1. The van der Waals surface area contributed by atoms with Crippen molar-refractivity contribution in [1.82, 2.24) is 9.97 Å². The second kappa shape index (κ2) is 3.69. The van der Waals surface area contributed by atoms with Gasteiger partial charge < -0.3 is 14.8 Å². The van der Waals surface area contributed by atoms with Crippen LogP contribution in [0.2, 0.25) is 0 Å². The van der Waals surface area contributed by atoms with Crippen LogP contribution in [0.5, 0.6) is 5.88 Å². The van der Waals surface area contributed by atoms with Crippen molar-refractivity contribution < 1.29 is 9.84 Å². The normalized spacial score (nSPS) is 32.2. The predicted octanol–water partition coefficient (Wildman–Crippen LogP) is 1.11. The number of ether oxygens (including phenoxy) is 1. The van der Waals surface area contributed by atoms with Crippen molar-refractivity contribution in [3.63, 3.8) is 0 Å². The molecule has 3 atom stereocenters. The molecule has 3 rings (SSSR count). The molecule has 2 saturated heterocycles. The minimum Gasteiger partial charge on any atom is -0.492 e. The third-order valence-electron chi connectivity index (χ3n) is 3.32. The molecule has 0 radical (unpaired) electrons. The first-order valence-electron chi connectivity index (χ1n) is 5.29. The summed E-state index contributed by atoms with van der Waals surface area (Å²) in [5, 5.41) is 9.53. The van der Waals surface area contributed by atoms with Crippen molar-refractivity contribution in [3.8, 4) is 5.88 Å². The van der Waals surface area contributed by atoms with E-state index in [1.54, 1.807) is 22.6 Å². The van der Waals surface area contributed by atoms with Crippen LogP contribution in [0.3, 0.4) is 0 Å². The minimum absolute atomic E-state index is 0.134. The van der Waals surface area contributed by atoms with Crippen LogP contribution in [-0.2, 0) is 4.74 Å². The summed E-state index contributed by atoms with van der Waals surface area (Å²) in [7, 11) is 0. The number of hydrogen-bond donors (Lipinski definition) is 2. The number of nitrogens with one attached hydrogen (secondary N) is 1. The number of aromatic nitrogens is 2. The van der Waals surface area contributed by atoms with Crippen LogP contribution in [0.25, 0.3) is 0 Å². The highest BCUT2D eigenvalue weighted by atomic mass is 127. The van der Waals surface area contributed by atoms with Crippen LogP contribution in [0, 0.1) is 3.57 Å². The largest absolute Gasteiger partial charge is 0.492 e. The summed E-state index contributed by atoms with van der Waals surface area (Å²) < 4.78 is 5.94. The molecule has 5 nitrogen and oxygen atoms in total. The van der Waals surface area contributed by atoms with Crippen LogP contribution in [0.1, 0.15) is 31.0 Å². The Bertz CT molecular complexity index is 487. The first kappa shape index (κ1) is 10.5. The maximum atomic E-state index is 11.5. The summed E-state index contributed by atoms with van der Waals surface area (Å²) in [6.07, 6.45) is 3.48. The van der Waals surface area contributed by atoms with E-state index in [1.807, 2.05) is 0 Å². The Balaban J connectivity index is 1.99. The van der Waals surface area contributed by atoms with Crippen LogP contribution in [-0.4, -0.2) is 27.3 Å². The number of H-pyrrole nitrogens is 1. The van der Waals surface area contributed by atoms with E-state index in [0.29, 0.717) is 11.9 Å². The number of halogens is 1. The van der Waals surface area contributed by atoms with Crippen molar-refractivity contribution in [2.45, 2.75) is 37.4 Å². The van der Waals surface area contributed by atoms with Crippen molar-refractivity contribution in [1.29, 1.82) is 0 Å². The first-order chi connectivity index (χ1) is 7.65. The molecule has 0 saturated carbocycles. The average molecular weight is 334 g/mol. The van der Waals surface area contributed by atoms with Crippen molar-refractivity contribution in [3.05, 3.63) is 19.7 Å². The summed E-state index contributed by atoms with van der Waals surface area (Å²) in [6.45, 7) is 0. The van der Waals surface area contributed by atoms with E-state index in [4.69, 9.17) is 4.74 Å². The number of fused-ring (bicyclic) bond motifs is 2. The molecule has 3 unspecified atom stereocenters. The molecule has 0 spiro atoms. The van der Waals surface area contributed by atoms with Crippen molar-refractivity contribution in [2.24, 2.45) is 0 Å². The molecular weight excluding hydrogens is 323 g/mol. The van der Waals surface area contributed by atoms with Gasteiger partial charge in [0.1, 0.15) is 9.39 Å². The Labute approximate surface area is 105 Å². The van der Waals surface area contributed by atoms with Crippen LogP contribution in [0.15, 0.2) is 4.79 Å². The molecule has 0 aliphatic carbocycles. The van der Waals surface area contributed by atoms with E-state index in [9.17, 15) is 9.90 Å². The van der Waals surface area contributed by atoms with Gasteiger partial charge >= 0.3 is 0 Å². The van der Waals surface area contributed by atoms with Gasteiger partial charge in [0.15, 0.2) is 0 Å². The zero-order chi connectivity index (χ0) is 11.3. The topological polar surface area (TPSA) is 75.2 Å². The van der Waals surface area contributed by atoms with E-state index in [-0.39, 0.29) is 27.0 Å². The number of nitrogens with zero attached hydrogens (tertiary/aromatic N) is 1. The van der Waals surface area contributed by atoms with Gasteiger partial charge in [0.25, 0.3) is 5.56 Å². The number of rotatable bonds is 1. The lowest BCUT2D eigenvalue weighted by Crippen LogP contribution is -2.22. The molecule has 86 valence electrons. The van der Waals surface area contributed by atoms with Gasteiger partial charge in [-0.15, -0.1) is 0 Å². The van der Waals surface area contributed by atoms with Gasteiger partial charge in [-0.1, -0.05) is 0 Å². The van der Waals surface area contributed by atoms with E-state index >= 15 is 0 Å². The van der Waals surface area contributed by atoms with Crippen LogP contribution < -0.4 is 5.56 Å². The van der Waals surface area contributed by atoms with Crippen molar-refractivity contribution in [2.75, 3.05) is 0 Å². The highest BCUT2D eigenvalue weighted by Gasteiger charge is 2.42. The third-order valence-corrected chi connectivity index (χ3v) is 4.29. The molecule has 6 heteroatoms. The Morgan fingerprint density at radius 2 is 2.31 bits per heavy atom. The van der Waals surface area contributed by atoms with E-state index in [1.165, 1.54) is 0 Å². The van der Waals surface area contributed by atoms with Gasteiger partial charge in [-0.25, -0.2) is 0 Å². The van der Waals surface area contributed by atoms with Gasteiger partial charge in [-0.3, -0.25) is 4.79 Å². The smallest absolute Gasteiger partial charge is 0.268 e. The lowest BCUT2D eigenvalue weighted by atomic mass is 9.88. The second-order valence-electron chi connectivity index (χ2n) is 4.30. The maximum absolute atomic E-state index is 11.5. The molecule has 1 aromatic rings. The quantitative estimate of drug-likeness (QED) is 0.755. The highest BCUT2D eigenvalue weighted by Crippen LogP contribution is 2.43. The third kappa shape index (κ3) is 1.55. The zero-order valence-electron chi connectivity index (χ0n) is 8.44. The molecule has 2 aliphatic heterocycles. The van der Waals surface area contributed by atoms with Crippen LogP contribution >= 0.6 is 22.6 Å². The highest BCUT2D eigenvalue weighted by molar-refractivity contribution is 14.1. The fourth-order valence-electron chi connectivity index (χ4n) is 2.57. The summed E-state index contributed by atoms with van der Waals surface area (Å²) in [5.41, 5.74) is -0.272. The maximum Gasteiger partial charge on any atom is 0.268 e. The Morgan fingerprint density at radius 3 is 2.88 bits per heavy atom.